The van der Waals surface area contributed by atoms with Crippen molar-refractivity contribution in [2.24, 2.45) is 17.0 Å². The first kappa shape index (κ1) is 18.8. The van der Waals surface area contributed by atoms with E-state index in [2.05, 4.69) is 5.16 Å². The number of aliphatic hydroxyl groups excluding tert-OH is 1. The Morgan fingerprint density at radius 1 is 1.40 bits per heavy atom. The summed E-state index contributed by atoms with van der Waals surface area (Å²) in [5.74, 6) is 3.24. The first-order valence-corrected chi connectivity index (χ1v) is 10.8. The summed E-state index contributed by atoms with van der Waals surface area (Å²) in [6.07, 6.45) is 3.43. The first-order chi connectivity index (χ1) is 12.0. The molecule has 2 heterocycles. The van der Waals surface area contributed by atoms with E-state index in [0.717, 1.165) is 17.1 Å². The van der Waals surface area contributed by atoms with Crippen LogP contribution in [0, 0.1) is 11.8 Å². The predicted molar refractivity (Wildman–Crippen MR) is 105 cm³/mol. The van der Waals surface area contributed by atoms with Gasteiger partial charge in [-0.25, -0.2) is 0 Å². The molecule has 2 unspecified atom stereocenters. The van der Waals surface area contributed by atoms with Crippen molar-refractivity contribution in [3.63, 3.8) is 0 Å². The highest BCUT2D eigenvalue weighted by Crippen LogP contribution is 2.37. The molecule has 2 aliphatic rings. The van der Waals surface area contributed by atoms with E-state index in [0.29, 0.717) is 41.0 Å². The van der Waals surface area contributed by atoms with Gasteiger partial charge >= 0.3 is 0 Å². The van der Waals surface area contributed by atoms with E-state index < -0.39 is 0 Å². The fourth-order valence-corrected chi connectivity index (χ4v) is 5.75. The zero-order chi connectivity index (χ0) is 17.8. The van der Waals surface area contributed by atoms with Crippen molar-refractivity contribution >= 4 is 46.2 Å². The quantitative estimate of drug-likeness (QED) is 0.544. The van der Waals surface area contributed by atoms with Crippen molar-refractivity contribution < 1.29 is 14.7 Å². The van der Waals surface area contributed by atoms with Gasteiger partial charge in [-0.05, 0) is 55.2 Å². The molecule has 3 rings (SSSR count). The Balaban J connectivity index is 1.63. The Kier molecular flexibility index (Phi) is 6.47. The van der Waals surface area contributed by atoms with Gasteiger partial charge in [0, 0.05) is 17.7 Å². The Bertz CT molecular complexity index is 692. The number of carbonyl (C=O) groups excluding carboxylic acids is 1. The number of aliphatic hydroxyl groups is 1. The average Bonchev–Trinajstić information content (AvgIpc) is 3.00. The number of Topliss-reactive ketones (excluding diaryl/α,β-unsaturated/α-hetero) is 1. The van der Waals surface area contributed by atoms with Crippen LogP contribution in [-0.4, -0.2) is 28.1 Å². The molecule has 136 valence electrons. The van der Waals surface area contributed by atoms with Gasteiger partial charge in [-0.1, -0.05) is 16.8 Å². The summed E-state index contributed by atoms with van der Waals surface area (Å²) in [6, 6.07) is 3.69. The second-order valence-corrected chi connectivity index (χ2v) is 9.50. The van der Waals surface area contributed by atoms with Crippen molar-refractivity contribution in [3.05, 3.63) is 32.7 Å². The number of ketones is 1. The zero-order valence-corrected chi connectivity index (χ0v) is 16.6. The van der Waals surface area contributed by atoms with Gasteiger partial charge in [0.1, 0.15) is 5.76 Å². The van der Waals surface area contributed by atoms with Gasteiger partial charge in [-0.3, -0.25) is 4.79 Å². The third-order valence-electron chi connectivity index (χ3n) is 4.73. The summed E-state index contributed by atoms with van der Waals surface area (Å²) in [4.78, 5) is 18.8. The molecule has 4 nitrogen and oxygen atoms in total. The first-order valence-electron chi connectivity index (χ1n) is 8.48. The average molecular weight is 400 g/mol. The van der Waals surface area contributed by atoms with Crippen LogP contribution < -0.4 is 0 Å². The molecule has 0 bridgehead atoms. The second-order valence-electron chi connectivity index (χ2n) is 6.55. The third-order valence-corrected chi connectivity index (χ3v) is 7.18. The van der Waals surface area contributed by atoms with Crippen molar-refractivity contribution in [2.45, 2.75) is 39.2 Å². The predicted octanol–water partition coefficient (Wildman–Crippen LogP) is 5.23. The number of nitrogens with zero attached hydrogens (tertiary/aromatic N) is 1. The number of allylic oxidation sites excluding steroid dienone is 2. The molecular weight excluding hydrogens is 378 g/mol. The highest BCUT2D eigenvalue weighted by atomic mass is 35.5. The molecule has 0 spiro atoms. The number of hydrogen-bond acceptors (Lipinski definition) is 6. The number of rotatable bonds is 5. The fourth-order valence-electron chi connectivity index (χ4n) is 3.47. The summed E-state index contributed by atoms with van der Waals surface area (Å²) in [6.45, 7) is 2.01. The van der Waals surface area contributed by atoms with Crippen LogP contribution in [0.5, 0.6) is 0 Å². The summed E-state index contributed by atoms with van der Waals surface area (Å²) in [5, 5.41) is 14.5. The lowest BCUT2D eigenvalue weighted by Gasteiger charge is -2.32. The molecule has 1 aromatic rings. The Morgan fingerprint density at radius 2 is 2.24 bits per heavy atom. The molecule has 1 aliphatic heterocycles. The van der Waals surface area contributed by atoms with Crippen molar-refractivity contribution in [3.8, 4) is 0 Å². The minimum Gasteiger partial charge on any atom is -0.511 e. The minimum atomic E-state index is -0.0201. The highest BCUT2D eigenvalue weighted by Gasteiger charge is 2.34. The maximum absolute atomic E-state index is 12.6. The van der Waals surface area contributed by atoms with Crippen LogP contribution in [0.2, 0.25) is 4.34 Å². The summed E-state index contributed by atoms with van der Waals surface area (Å²) in [5.41, 5.74) is 0.783. The number of oxime groups is 1. The van der Waals surface area contributed by atoms with Crippen LogP contribution in [0.1, 0.15) is 37.5 Å². The summed E-state index contributed by atoms with van der Waals surface area (Å²) < 4.78 is 0.703. The lowest BCUT2D eigenvalue weighted by Crippen LogP contribution is -2.30. The molecule has 0 radical (unpaired) electrons. The molecule has 0 aromatic carbocycles. The molecule has 7 heteroatoms. The van der Waals surface area contributed by atoms with Crippen LogP contribution in [0.15, 0.2) is 28.6 Å². The molecular formula is C18H22ClNO3S2. The second kappa shape index (κ2) is 8.60. The van der Waals surface area contributed by atoms with Crippen LogP contribution in [-0.2, 0) is 16.2 Å². The Hall–Kier alpha value is -0.980. The smallest absolute Gasteiger partial charge is 0.168 e. The lowest BCUT2D eigenvalue weighted by atomic mass is 9.77. The van der Waals surface area contributed by atoms with Gasteiger partial charge in [-0.2, -0.15) is 11.8 Å². The molecule has 2 atom stereocenters. The summed E-state index contributed by atoms with van der Waals surface area (Å²) >= 11 is 9.27. The van der Waals surface area contributed by atoms with Gasteiger partial charge in [0.15, 0.2) is 12.4 Å². The van der Waals surface area contributed by atoms with Crippen LogP contribution in [0.3, 0.4) is 0 Å². The van der Waals surface area contributed by atoms with E-state index in [1.165, 1.54) is 23.5 Å². The van der Waals surface area contributed by atoms with Gasteiger partial charge in [0.05, 0.1) is 15.6 Å². The van der Waals surface area contributed by atoms with E-state index in [4.69, 9.17) is 16.4 Å². The zero-order valence-electron chi connectivity index (χ0n) is 14.2. The van der Waals surface area contributed by atoms with E-state index in [-0.39, 0.29) is 17.5 Å². The van der Waals surface area contributed by atoms with Crippen molar-refractivity contribution in [1.29, 1.82) is 0 Å². The maximum atomic E-state index is 12.6. The van der Waals surface area contributed by atoms with E-state index in [1.54, 1.807) is 6.92 Å². The van der Waals surface area contributed by atoms with E-state index in [9.17, 15) is 9.90 Å². The van der Waals surface area contributed by atoms with Crippen LogP contribution in [0.4, 0.5) is 0 Å². The maximum Gasteiger partial charge on any atom is 0.168 e. The van der Waals surface area contributed by atoms with Gasteiger partial charge in [0.2, 0.25) is 0 Å². The highest BCUT2D eigenvalue weighted by molar-refractivity contribution is 7.99. The number of carbonyl (C=O) groups is 1. The third kappa shape index (κ3) is 4.80. The largest absolute Gasteiger partial charge is 0.511 e. The molecule has 25 heavy (non-hydrogen) atoms. The van der Waals surface area contributed by atoms with Gasteiger partial charge in [0.25, 0.3) is 0 Å². The van der Waals surface area contributed by atoms with Crippen molar-refractivity contribution in [2.75, 3.05) is 11.5 Å². The molecule has 0 amide bonds. The Labute approximate surface area is 161 Å². The molecule has 1 N–H and O–H groups in total. The molecule has 1 fully saturated rings. The van der Waals surface area contributed by atoms with Gasteiger partial charge < -0.3 is 9.94 Å². The molecule has 0 saturated carbocycles. The minimum absolute atomic E-state index is 0.0201. The van der Waals surface area contributed by atoms with Crippen LogP contribution in [0.25, 0.3) is 0 Å². The van der Waals surface area contributed by atoms with Crippen molar-refractivity contribution in [1.82, 2.24) is 0 Å². The number of thiophene rings is 1. The fraction of sp³-hybridized carbons (Fsp3) is 0.556. The molecule has 1 saturated heterocycles. The normalized spacial score (nSPS) is 25.4. The number of halogens is 1. The standard InChI is InChI=1S/C18H22ClNO3S2/c1-11(20-23-9-14-4-5-17(19)25-14)18-15(21)7-13(8-16(18)22)12-3-2-6-24-10-12/h4-5,12-13,21H,2-3,6-10H2,1H3. The van der Waals surface area contributed by atoms with E-state index in [1.807, 2.05) is 23.9 Å². The SMILES string of the molecule is CC(=NOCc1ccc(Cl)s1)C1=C(O)CC(C2CCCSC2)CC1=O. The van der Waals surface area contributed by atoms with E-state index >= 15 is 0 Å². The van der Waals surface area contributed by atoms with Crippen LogP contribution >= 0.6 is 34.7 Å². The summed E-state index contributed by atoms with van der Waals surface area (Å²) in [7, 11) is 0. The molecule has 1 aromatic heterocycles. The number of hydrogen-bond donors (Lipinski definition) is 1. The van der Waals surface area contributed by atoms with Gasteiger partial charge in [-0.15, -0.1) is 11.3 Å². The molecule has 1 aliphatic carbocycles. The Morgan fingerprint density at radius 3 is 2.88 bits per heavy atom. The number of thioether (sulfide) groups is 1. The lowest BCUT2D eigenvalue weighted by molar-refractivity contribution is -0.117. The monoisotopic (exact) mass is 399 g/mol. The topological polar surface area (TPSA) is 58.9 Å².